The highest BCUT2D eigenvalue weighted by Crippen LogP contribution is 2.21. The van der Waals surface area contributed by atoms with Crippen LogP contribution in [-0.4, -0.2) is 20.4 Å². The van der Waals surface area contributed by atoms with Gasteiger partial charge in [-0.2, -0.15) is 0 Å². The van der Waals surface area contributed by atoms with E-state index in [4.69, 9.17) is 11.6 Å². The molecule has 0 aliphatic heterocycles. The molecular weight excluding hydrogens is 336 g/mol. The molecule has 120 valence electrons. The number of sulfonamides is 1. The molecule has 2 N–H and O–H groups in total. The highest BCUT2D eigenvalue weighted by Gasteiger charge is 2.24. The molecule has 0 bridgehead atoms. The number of carbonyl (C=O) groups is 1. The second-order valence-electron chi connectivity index (χ2n) is 5.39. The van der Waals surface area contributed by atoms with Crippen LogP contribution in [0.3, 0.4) is 0 Å². The molecule has 1 amide bonds. The molecule has 23 heavy (non-hydrogen) atoms. The third-order valence-corrected chi connectivity index (χ3v) is 5.05. The number of halogens is 1. The van der Waals surface area contributed by atoms with Crippen molar-refractivity contribution in [2.24, 2.45) is 0 Å². The van der Waals surface area contributed by atoms with Crippen LogP contribution in [0.4, 0.5) is 5.69 Å². The molecule has 2 aromatic rings. The topological polar surface area (TPSA) is 75.3 Å². The van der Waals surface area contributed by atoms with Crippen LogP contribution in [0.25, 0.3) is 0 Å². The summed E-state index contributed by atoms with van der Waals surface area (Å²) in [5, 5.41) is 3.36. The summed E-state index contributed by atoms with van der Waals surface area (Å²) >= 11 is 5.78. The Kier molecular flexibility index (Phi) is 4.28. The van der Waals surface area contributed by atoms with Gasteiger partial charge in [0.1, 0.15) is 0 Å². The molecule has 0 heterocycles. The van der Waals surface area contributed by atoms with Crippen molar-refractivity contribution in [3.63, 3.8) is 0 Å². The highest BCUT2D eigenvalue weighted by atomic mass is 35.5. The number of nitrogens with one attached hydrogen (secondary N) is 2. The summed E-state index contributed by atoms with van der Waals surface area (Å²) in [5.74, 6) is -0.254. The average molecular weight is 351 g/mol. The van der Waals surface area contributed by atoms with Crippen molar-refractivity contribution in [3.05, 3.63) is 59.1 Å². The van der Waals surface area contributed by atoms with Crippen molar-refractivity contribution >= 4 is 33.2 Å². The van der Waals surface area contributed by atoms with Crippen LogP contribution in [0.2, 0.25) is 5.02 Å². The van der Waals surface area contributed by atoms with E-state index in [2.05, 4.69) is 10.0 Å². The van der Waals surface area contributed by atoms with E-state index in [9.17, 15) is 13.2 Å². The number of anilines is 1. The summed E-state index contributed by atoms with van der Waals surface area (Å²) in [4.78, 5) is 12.1. The zero-order valence-corrected chi connectivity index (χ0v) is 13.7. The molecule has 1 aliphatic rings. The smallest absolute Gasteiger partial charge is 0.261 e. The Morgan fingerprint density at radius 2 is 1.78 bits per heavy atom. The van der Waals surface area contributed by atoms with E-state index in [1.165, 1.54) is 12.1 Å². The lowest BCUT2D eigenvalue weighted by Gasteiger charge is -2.10. The molecule has 2 aromatic carbocycles. The molecule has 7 heteroatoms. The lowest BCUT2D eigenvalue weighted by Crippen LogP contribution is -2.25. The number of carbonyl (C=O) groups excluding carboxylic acids is 1. The van der Waals surface area contributed by atoms with E-state index in [-0.39, 0.29) is 16.8 Å². The minimum Gasteiger partial charge on any atom is -0.349 e. The van der Waals surface area contributed by atoms with Crippen LogP contribution >= 0.6 is 11.6 Å². The SMILES string of the molecule is O=C(NC1CC1)c1cccc(S(=O)(=O)Nc2ccc(Cl)cc2)c1. The van der Waals surface area contributed by atoms with Gasteiger partial charge in [-0.1, -0.05) is 17.7 Å². The molecule has 1 fully saturated rings. The maximum atomic E-state index is 12.4. The first-order valence-electron chi connectivity index (χ1n) is 7.13. The fraction of sp³-hybridized carbons (Fsp3) is 0.188. The van der Waals surface area contributed by atoms with Crippen molar-refractivity contribution in [3.8, 4) is 0 Å². The van der Waals surface area contributed by atoms with Gasteiger partial charge in [0, 0.05) is 22.3 Å². The van der Waals surface area contributed by atoms with E-state index < -0.39 is 10.0 Å². The Morgan fingerprint density at radius 1 is 1.09 bits per heavy atom. The summed E-state index contributed by atoms with van der Waals surface area (Å²) in [6.07, 6.45) is 1.95. The molecule has 1 aliphatic carbocycles. The first-order valence-corrected chi connectivity index (χ1v) is 8.99. The van der Waals surface area contributed by atoms with E-state index in [1.54, 1.807) is 36.4 Å². The Hall–Kier alpha value is -2.05. The van der Waals surface area contributed by atoms with Crippen LogP contribution in [0.5, 0.6) is 0 Å². The summed E-state index contributed by atoms with van der Waals surface area (Å²) in [5.41, 5.74) is 0.734. The summed E-state index contributed by atoms with van der Waals surface area (Å²) < 4.78 is 27.3. The van der Waals surface area contributed by atoms with Crippen LogP contribution in [0, 0.1) is 0 Å². The first-order chi connectivity index (χ1) is 10.9. The molecule has 3 rings (SSSR count). The van der Waals surface area contributed by atoms with Crippen LogP contribution in [0.15, 0.2) is 53.4 Å². The minimum absolute atomic E-state index is 0.0379. The molecule has 0 atom stereocenters. The van der Waals surface area contributed by atoms with E-state index in [1.807, 2.05) is 0 Å². The van der Waals surface area contributed by atoms with Gasteiger partial charge in [-0.3, -0.25) is 9.52 Å². The van der Waals surface area contributed by atoms with Gasteiger partial charge >= 0.3 is 0 Å². The maximum absolute atomic E-state index is 12.4. The second kappa shape index (κ2) is 6.22. The molecule has 0 spiro atoms. The normalized spacial score (nSPS) is 14.3. The number of hydrogen-bond donors (Lipinski definition) is 2. The number of benzene rings is 2. The Bertz CT molecular complexity index is 831. The zero-order valence-electron chi connectivity index (χ0n) is 12.1. The fourth-order valence-corrected chi connectivity index (χ4v) is 3.26. The van der Waals surface area contributed by atoms with E-state index in [0.29, 0.717) is 16.3 Å². The molecular formula is C16H15ClN2O3S. The lowest BCUT2D eigenvalue weighted by atomic mass is 10.2. The largest absolute Gasteiger partial charge is 0.349 e. The monoisotopic (exact) mass is 350 g/mol. The molecule has 0 unspecified atom stereocenters. The van der Waals surface area contributed by atoms with Crippen molar-refractivity contribution in [1.82, 2.24) is 5.32 Å². The summed E-state index contributed by atoms with van der Waals surface area (Å²) in [7, 11) is -3.77. The van der Waals surface area contributed by atoms with E-state index >= 15 is 0 Å². The van der Waals surface area contributed by atoms with Gasteiger partial charge < -0.3 is 5.32 Å². The second-order valence-corrected chi connectivity index (χ2v) is 7.51. The Balaban J connectivity index is 1.81. The Morgan fingerprint density at radius 3 is 2.43 bits per heavy atom. The van der Waals surface area contributed by atoms with Crippen molar-refractivity contribution in [2.45, 2.75) is 23.8 Å². The van der Waals surface area contributed by atoms with Gasteiger partial charge in [-0.15, -0.1) is 0 Å². The van der Waals surface area contributed by atoms with Crippen molar-refractivity contribution < 1.29 is 13.2 Å². The molecule has 0 saturated heterocycles. The van der Waals surface area contributed by atoms with Crippen LogP contribution < -0.4 is 10.0 Å². The quantitative estimate of drug-likeness (QED) is 0.870. The third-order valence-electron chi connectivity index (χ3n) is 3.42. The van der Waals surface area contributed by atoms with Crippen LogP contribution in [0.1, 0.15) is 23.2 Å². The predicted molar refractivity (Wildman–Crippen MR) is 89.2 cm³/mol. The predicted octanol–water partition coefficient (Wildman–Crippen LogP) is 3.03. The lowest BCUT2D eigenvalue weighted by molar-refractivity contribution is 0.0951. The third kappa shape index (κ3) is 4.03. The molecule has 1 saturated carbocycles. The van der Waals surface area contributed by atoms with Gasteiger partial charge in [0.05, 0.1) is 4.90 Å². The average Bonchev–Trinajstić information content (AvgIpc) is 3.33. The van der Waals surface area contributed by atoms with Crippen molar-refractivity contribution in [1.29, 1.82) is 0 Å². The first kappa shape index (κ1) is 15.8. The van der Waals surface area contributed by atoms with Gasteiger partial charge in [-0.25, -0.2) is 8.42 Å². The fourth-order valence-electron chi connectivity index (χ4n) is 2.03. The van der Waals surface area contributed by atoms with E-state index in [0.717, 1.165) is 12.8 Å². The molecule has 0 aromatic heterocycles. The minimum atomic E-state index is -3.77. The van der Waals surface area contributed by atoms with Gasteiger partial charge in [0.2, 0.25) is 0 Å². The molecule has 5 nitrogen and oxygen atoms in total. The standard InChI is InChI=1S/C16H15ClN2O3S/c17-12-4-6-14(7-5-12)19-23(21,22)15-3-1-2-11(10-15)16(20)18-13-8-9-13/h1-7,10,13,19H,8-9H2,(H,18,20). The van der Waals surface area contributed by atoms with Crippen molar-refractivity contribution in [2.75, 3.05) is 4.72 Å². The highest BCUT2D eigenvalue weighted by molar-refractivity contribution is 7.92. The Labute approximate surface area is 139 Å². The van der Waals surface area contributed by atoms with Gasteiger partial charge in [-0.05, 0) is 55.3 Å². The number of amides is 1. The number of hydrogen-bond acceptors (Lipinski definition) is 3. The molecule has 0 radical (unpaired) electrons. The summed E-state index contributed by atoms with van der Waals surface area (Å²) in [6.45, 7) is 0. The van der Waals surface area contributed by atoms with Crippen LogP contribution in [-0.2, 0) is 10.0 Å². The van der Waals surface area contributed by atoms with Gasteiger partial charge in [0.25, 0.3) is 15.9 Å². The number of rotatable bonds is 5. The van der Waals surface area contributed by atoms with Gasteiger partial charge in [0.15, 0.2) is 0 Å². The maximum Gasteiger partial charge on any atom is 0.261 e. The zero-order chi connectivity index (χ0) is 16.4. The summed E-state index contributed by atoms with van der Waals surface area (Å²) in [6, 6.07) is 12.5.